The number of nitrogens with one attached hydrogen (secondary N) is 1. The highest BCUT2D eigenvalue weighted by atomic mass is 16.5. The van der Waals surface area contributed by atoms with E-state index >= 15 is 0 Å². The van der Waals surface area contributed by atoms with Crippen molar-refractivity contribution in [3.63, 3.8) is 0 Å². The molecule has 0 bridgehead atoms. The van der Waals surface area contributed by atoms with Crippen LogP contribution in [0, 0.1) is 0 Å². The molecular weight excluding hydrogens is 309 g/mol. The number of likely N-dealkylation sites (tertiary alicyclic amines) is 1. The third kappa shape index (κ3) is 3.56. The summed E-state index contributed by atoms with van der Waals surface area (Å²) < 4.78 is 5.46. The molecule has 0 amide bonds. The molecule has 0 saturated carbocycles. The van der Waals surface area contributed by atoms with Crippen LogP contribution >= 0.6 is 0 Å². The predicted molar refractivity (Wildman–Crippen MR) is 90.8 cm³/mol. The standard InChI is InChI=1S/C16H22BN3O4/c1-10(8-20-6-5-12(18)9-20)19-14-7-11-3-2-4-13(16(21)22)15(11)24-17(14)23/h2-4,12,14,19,23H,1,5-9,18H2,(H,21,22). The van der Waals surface area contributed by atoms with E-state index in [1.165, 1.54) is 6.07 Å². The molecule has 1 saturated heterocycles. The zero-order valence-electron chi connectivity index (χ0n) is 13.4. The Kier molecular flexibility index (Phi) is 4.79. The first kappa shape index (κ1) is 16.8. The molecule has 2 unspecified atom stereocenters. The van der Waals surface area contributed by atoms with Crippen molar-refractivity contribution in [3.8, 4) is 5.75 Å². The van der Waals surface area contributed by atoms with Crippen LogP contribution in [0.5, 0.6) is 5.75 Å². The van der Waals surface area contributed by atoms with Crippen molar-refractivity contribution in [2.75, 3.05) is 19.6 Å². The molecular formula is C16H22BN3O4. The summed E-state index contributed by atoms with van der Waals surface area (Å²) >= 11 is 0. The van der Waals surface area contributed by atoms with Gasteiger partial charge in [0.1, 0.15) is 5.75 Å². The summed E-state index contributed by atoms with van der Waals surface area (Å²) in [4.78, 5) is 13.5. The van der Waals surface area contributed by atoms with Crippen LogP contribution in [0.2, 0.25) is 0 Å². The molecule has 2 heterocycles. The van der Waals surface area contributed by atoms with Crippen LogP contribution in [0.25, 0.3) is 0 Å². The Morgan fingerprint density at radius 3 is 3.00 bits per heavy atom. The molecule has 1 aromatic carbocycles. The van der Waals surface area contributed by atoms with Crippen LogP contribution in [0.3, 0.4) is 0 Å². The summed E-state index contributed by atoms with van der Waals surface area (Å²) in [5.41, 5.74) is 7.51. The highest BCUT2D eigenvalue weighted by Gasteiger charge is 2.37. The fourth-order valence-electron chi connectivity index (χ4n) is 3.30. The van der Waals surface area contributed by atoms with E-state index < -0.39 is 13.1 Å². The highest BCUT2D eigenvalue weighted by molar-refractivity contribution is 6.46. The minimum atomic E-state index is -1.13. The Morgan fingerprint density at radius 2 is 2.33 bits per heavy atom. The predicted octanol–water partition coefficient (Wildman–Crippen LogP) is -0.156. The van der Waals surface area contributed by atoms with Crippen molar-refractivity contribution in [1.82, 2.24) is 10.2 Å². The molecule has 128 valence electrons. The molecule has 5 N–H and O–H groups in total. The topological polar surface area (TPSA) is 108 Å². The van der Waals surface area contributed by atoms with Gasteiger partial charge in [-0.15, -0.1) is 0 Å². The average Bonchev–Trinajstić information content (AvgIpc) is 2.92. The third-order valence-corrected chi connectivity index (χ3v) is 4.46. The maximum absolute atomic E-state index is 11.3. The van der Waals surface area contributed by atoms with Gasteiger partial charge >= 0.3 is 13.1 Å². The smallest absolute Gasteiger partial charge is 0.534 e. The van der Waals surface area contributed by atoms with E-state index in [4.69, 9.17) is 10.4 Å². The first-order chi connectivity index (χ1) is 11.4. The SMILES string of the molecule is C=C(CN1CCC(N)C1)NC1Cc2cccc(C(=O)O)c2OB1O. The van der Waals surface area contributed by atoms with E-state index in [-0.39, 0.29) is 23.3 Å². The van der Waals surface area contributed by atoms with Crippen LogP contribution in [-0.4, -0.2) is 59.7 Å². The van der Waals surface area contributed by atoms with Gasteiger partial charge in [0.05, 0.1) is 11.5 Å². The second-order valence-corrected chi connectivity index (χ2v) is 6.45. The zero-order chi connectivity index (χ0) is 17.3. The maximum Gasteiger partial charge on any atom is 0.546 e. The van der Waals surface area contributed by atoms with Gasteiger partial charge in [0.25, 0.3) is 0 Å². The summed E-state index contributed by atoms with van der Waals surface area (Å²) in [7, 11) is -1.13. The number of hydrogen-bond acceptors (Lipinski definition) is 6. The van der Waals surface area contributed by atoms with Crippen molar-refractivity contribution in [3.05, 3.63) is 41.6 Å². The van der Waals surface area contributed by atoms with Gasteiger partial charge in [-0.2, -0.15) is 0 Å². The minimum Gasteiger partial charge on any atom is -0.534 e. The number of carbonyl (C=O) groups is 1. The van der Waals surface area contributed by atoms with Gasteiger partial charge in [-0.1, -0.05) is 18.7 Å². The summed E-state index contributed by atoms with van der Waals surface area (Å²) in [5.74, 6) is -1.20. The number of aromatic carboxylic acids is 1. The molecule has 0 spiro atoms. The van der Waals surface area contributed by atoms with Gasteiger partial charge in [0.2, 0.25) is 0 Å². The summed E-state index contributed by atoms with van der Waals surface area (Å²) in [6.07, 6.45) is 1.45. The Labute approximate surface area is 141 Å². The first-order valence-corrected chi connectivity index (χ1v) is 8.06. The number of carboxylic acid groups (broad SMARTS) is 1. The van der Waals surface area contributed by atoms with Crippen LogP contribution in [-0.2, 0) is 6.42 Å². The lowest BCUT2D eigenvalue weighted by atomic mass is 9.72. The third-order valence-electron chi connectivity index (χ3n) is 4.46. The Balaban J connectivity index is 1.65. The van der Waals surface area contributed by atoms with Crippen LogP contribution in [0.1, 0.15) is 22.3 Å². The molecule has 2 aliphatic heterocycles. The highest BCUT2D eigenvalue weighted by Crippen LogP contribution is 2.30. The van der Waals surface area contributed by atoms with Crippen LogP contribution < -0.4 is 15.7 Å². The normalized spacial score (nSPS) is 23.5. The average molecular weight is 331 g/mol. The molecule has 0 radical (unpaired) electrons. The molecule has 1 aromatic rings. The number of rotatable bonds is 5. The maximum atomic E-state index is 11.3. The lowest BCUT2D eigenvalue weighted by molar-refractivity contribution is 0.0694. The summed E-state index contributed by atoms with van der Waals surface area (Å²) in [5, 5.41) is 22.6. The zero-order valence-corrected chi connectivity index (χ0v) is 13.4. The lowest BCUT2D eigenvalue weighted by Crippen LogP contribution is -2.51. The van der Waals surface area contributed by atoms with E-state index in [0.717, 1.165) is 30.8 Å². The van der Waals surface area contributed by atoms with E-state index in [1.807, 2.05) is 6.07 Å². The molecule has 2 atom stereocenters. The second kappa shape index (κ2) is 6.84. The van der Waals surface area contributed by atoms with Crippen molar-refractivity contribution >= 4 is 13.1 Å². The Morgan fingerprint density at radius 1 is 1.54 bits per heavy atom. The number of fused-ring (bicyclic) bond motifs is 1. The Bertz CT molecular complexity index is 654. The Hall–Kier alpha value is -2.03. The molecule has 24 heavy (non-hydrogen) atoms. The first-order valence-electron chi connectivity index (χ1n) is 8.06. The van der Waals surface area contributed by atoms with Crippen molar-refractivity contribution in [2.24, 2.45) is 5.73 Å². The van der Waals surface area contributed by atoms with Gasteiger partial charge in [0.15, 0.2) is 0 Å². The number of nitrogens with zero attached hydrogens (tertiary/aromatic N) is 1. The van der Waals surface area contributed by atoms with Gasteiger partial charge in [-0.3, -0.25) is 4.90 Å². The number of hydrogen-bond donors (Lipinski definition) is 4. The monoisotopic (exact) mass is 331 g/mol. The lowest BCUT2D eigenvalue weighted by Gasteiger charge is -2.30. The summed E-state index contributed by atoms with van der Waals surface area (Å²) in [6.45, 7) is 6.47. The van der Waals surface area contributed by atoms with Gasteiger partial charge in [0, 0.05) is 31.4 Å². The molecule has 1 fully saturated rings. The van der Waals surface area contributed by atoms with E-state index in [0.29, 0.717) is 13.0 Å². The molecule has 0 aromatic heterocycles. The van der Waals surface area contributed by atoms with Crippen molar-refractivity contribution < 1.29 is 19.6 Å². The van der Waals surface area contributed by atoms with Crippen LogP contribution in [0.4, 0.5) is 0 Å². The van der Waals surface area contributed by atoms with Gasteiger partial charge in [-0.05, 0) is 24.5 Å². The quantitative estimate of drug-likeness (QED) is 0.556. The molecule has 0 aliphatic carbocycles. The number of benzene rings is 1. The van der Waals surface area contributed by atoms with Gasteiger partial charge in [-0.25, -0.2) is 4.79 Å². The molecule has 2 aliphatic rings. The van der Waals surface area contributed by atoms with E-state index in [9.17, 15) is 14.9 Å². The van der Waals surface area contributed by atoms with Gasteiger partial charge < -0.3 is 25.8 Å². The van der Waals surface area contributed by atoms with Crippen LogP contribution in [0.15, 0.2) is 30.5 Å². The summed E-state index contributed by atoms with van der Waals surface area (Å²) in [6, 6.07) is 5.17. The van der Waals surface area contributed by atoms with E-state index in [1.54, 1.807) is 6.07 Å². The number of carboxylic acids is 1. The van der Waals surface area contributed by atoms with Crippen molar-refractivity contribution in [1.29, 1.82) is 0 Å². The largest absolute Gasteiger partial charge is 0.546 e. The second-order valence-electron chi connectivity index (χ2n) is 6.45. The molecule has 7 nitrogen and oxygen atoms in total. The fraction of sp³-hybridized carbons (Fsp3) is 0.438. The molecule has 8 heteroatoms. The minimum absolute atomic E-state index is 0.0647. The van der Waals surface area contributed by atoms with E-state index in [2.05, 4.69) is 16.8 Å². The van der Waals surface area contributed by atoms with Crippen molar-refractivity contribution in [2.45, 2.75) is 24.8 Å². The number of nitrogens with two attached hydrogens (primary N) is 1. The molecule has 3 rings (SSSR count). The fourth-order valence-corrected chi connectivity index (χ4v) is 3.30. The number of para-hydroxylation sites is 1.